The second-order valence-corrected chi connectivity index (χ2v) is 6.64. The van der Waals surface area contributed by atoms with Crippen LogP contribution in [0.3, 0.4) is 0 Å². The van der Waals surface area contributed by atoms with E-state index in [9.17, 15) is 18.0 Å². The Labute approximate surface area is 165 Å². The number of nitrogens with zero attached hydrogens (tertiary/aromatic N) is 1. The lowest BCUT2D eigenvalue weighted by Crippen LogP contribution is -2.32. The predicted octanol–water partition coefficient (Wildman–Crippen LogP) is 4.55. The number of likely N-dealkylation sites (N-methyl/N-ethyl adjacent to an activating group) is 1. The molecule has 0 saturated heterocycles. The third kappa shape index (κ3) is 4.88. The summed E-state index contributed by atoms with van der Waals surface area (Å²) < 4.78 is 49.4. The van der Waals surface area contributed by atoms with E-state index < -0.39 is 22.7 Å². The van der Waals surface area contributed by atoms with E-state index in [1.54, 1.807) is 6.07 Å². The maximum atomic E-state index is 12.9. The number of halogens is 4. The minimum Gasteiger partial charge on any atom is -0.454 e. The summed E-state index contributed by atoms with van der Waals surface area (Å²) in [5, 5.41) is 2.08. The van der Waals surface area contributed by atoms with Crippen molar-refractivity contribution in [1.82, 2.24) is 4.90 Å². The van der Waals surface area contributed by atoms with Gasteiger partial charge in [0.05, 0.1) is 17.1 Å². The topological polar surface area (TPSA) is 50.8 Å². The summed E-state index contributed by atoms with van der Waals surface area (Å²) in [5.41, 5.74) is -0.00900. The number of amides is 1. The summed E-state index contributed by atoms with van der Waals surface area (Å²) in [4.78, 5) is 14.1. The highest BCUT2D eigenvalue weighted by atomic mass is 35.5. The van der Waals surface area contributed by atoms with Gasteiger partial charge in [-0.15, -0.1) is 0 Å². The van der Waals surface area contributed by atoms with Gasteiger partial charge in [-0.05, 0) is 42.4 Å². The molecule has 0 unspecified atom stereocenters. The molecule has 0 atom stereocenters. The van der Waals surface area contributed by atoms with E-state index in [-0.39, 0.29) is 19.0 Å². The van der Waals surface area contributed by atoms with Crippen molar-refractivity contribution in [3.8, 4) is 11.5 Å². The van der Waals surface area contributed by atoms with Crippen molar-refractivity contribution in [2.75, 3.05) is 25.2 Å². The van der Waals surface area contributed by atoms with Crippen molar-refractivity contribution in [2.24, 2.45) is 0 Å². The van der Waals surface area contributed by atoms with Gasteiger partial charge in [0, 0.05) is 12.2 Å². The Morgan fingerprint density at radius 1 is 1.18 bits per heavy atom. The molecular weight excluding hydrogens is 397 g/mol. The molecule has 28 heavy (non-hydrogen) atoms. The van der Waals surface area contributed by atoms with Gasteiger partial charge in [-0.1, -0.05) is 24.6 Å². The summed E-state index contributed by atoms with van der Waals surface area (Å²) in [6.07, 6.45) is -4.59. The number of hydrogen-bond donors (Lipinski definition) is 1. The molecule has 0 aromatic heterocycles. The molecule has 0 saturated carbocycles. The number of alkyl halides is 3. The van der Waals surface area contributed by atoms with E-state index in [4.69, 9.17) is 21.1 Å². The number of carbonyl (C=O) groups excluding carboxylic acids is 1. The van der Waals surface area contributed by atoms with Crippen molar-refractivity contribution in [2.45, 2.75) is 19.6 Å². The summed E-state index contributed by atoms with van der Waals surface area (Å²) in [5.74, 6) is 0.907. The standard InChI is InChI=1S/C19H18ClF3N2O3/c1-2-25(9-12-3-6-16-17(7-12)28-11-27-16)10-18(26)24-13-4-5-15(20)14(8-13)19(21,22)23/h3-8H,2,9-11H2,1H3,(H,24,26). The van der Waals surface area contributed by atoms with Gasteiger partial charge in [-0.2, -0.15) is 13.2 Å². The van der Waals surface area contributed by atoms with Crippen LogP contribution in [-0.2, 0) is 17.5 Å². The molecule has 1 heterocycles. The quantitative estimate of drug-likeness (QED) is 0.753. The Hall–Kier alpha value is -2.45. The molecule has 1 aliphatic heterocycles. The minimum absolute atomic E-state index is 0.0227. The molecular formula is C19H18ClF3N2O3. The number of hydrogen-bond acceptors (Lipinski definition) is 4. The molecule has 9 heteroatoms. The molecule has 150 valence electrons. The van der Waals surface area contributed by atoms with Crippen LogP contribution in [0.2, 0.25) is 5.02 Å². The first-order chi connectivity index (χ1) is 13.3. The zero-order valence-corrected chi connectivity index (χ0v) is 15.7. The first kappa shape index (κ1) is 20.3. The fourth-order valence-corrected chi connectivity index (χ4v) is 3.03. The third-order valence-corrected chi connectivity index (χ3v) is 4.54. The molecule has 3 rings (SSSR count). The minimum atomic E-state index is -4.59. The molecule has 2 aromatic carbocycles. The molecule has 1 amide bonds. The van der Waals surface area contributed by atoms with E-state index in [1.807, 2.05) is 24.0 Å². The molecule has 0 fully saturated rings. The lowest BCUT2D eigenvalue weighted by atomic mass is 10.2. The van der Waals surface area contributed by atoms with Crippen molar-refractivity contribution >= 4 is 23.2 Å². The Morgan fingerprint density at radius 3 is 2.64 bits per heavy atom. The Morgan fingerprint density at radius 2 is 1.93 bits per heavy atom. The molecule has 1 N–H and O–H groups in total. The summed E-state index contributed by atoms with van der Waals surface area (Å²) in [6.45, 7) is 3.16. The summed E-state index contributed by atoms with van der Waals surface area (Å²) >= 11 is 5.59. The van der Waals surface area contributed by atoms with Gasteiger partial charge in [0.1, 0.15) is 0 Å². The number of rotatable bonds is 6. The molecule has 0 radical (unpaired) electrons. The average Bonchev–Trinajstić information content (AvgIpc) is 3.09. The van der Waals surface area contributed by atoms with E-state index in [0.29, 0.717) is 24.6 Å². The number of carbonyl (C=O) groups is 1. The van der Waals surface area contributed by atoms with Crippen LogP contribution in [0.4, 0.5) is 18.9 Å². The van der Waals surface area contributed by atoms with Gasteiger partial charge in [0.2, 0.25) is 12.7 Å². The van der Waals surface area contributed by atoms with Gasteiger partial charge >= 0.3 is 6.18 Å². The highest BCUT2D eigenvalue weighted by Gasteiger charge is 2.33. The zero-order chi connectivity index (χ0) is 20.3. The third-order valence-electron chi connectivity index (χ3n) is 4.21. The van der Waals surface area contributed by atoms with Gasteiger partial charge in [0.15, 0.2) is 11.5 Å². The van der Waals surface area contributed by atoms with Gasteiger partial charge in [-0.3, -0.25) is 9.69 Å². The van der Waals surface area contributed by atoms with Gasteiger partial charge in [-0.25, -0.2) is 0 Å². The zero-order valence-electron chi connectivity index (χ0n) is 15.0. The van der Waals surface area contributed by atoms with E-state index in [2.05, 4.69) is 5.32 Å². The number of anilines is 1. The number of benzene rings is 2. The van der Waals surface area contributed by atoms with Gasteiger partial charge in [0.25, 0.3) is 0 Å². The largest absolute Gasteiger partial charge is 0.454 e. The average molecular weight is 415 g/mol. The highest BCUT2D eigenvalue weighted by molar-refractivity contribution is 6.31. The number of fused-ring (bicyclic) bond motifs is 1. The first-order valence-corrected chi connectivity index (χ1v) is 8.91. The van der Waals surface area contributed by atoms with Crippen molar-refractivity contribution in [3.63, 3.8) is 0 Å². The smallest absolute Gasteiger partial charge is 0.417 e. The van der Waals surface area contributed by atoms with Crippen LogP contribution in [0.1, 0.15) is 18.1 Å². The second kappa shape index (κ2) is 8.28. The monoisotopic (exact) mass is 414 g/mol. The maximum absolute atomic E-state index is 12.9. The highest BCUT2D eigenvalue weighted by Crippen LogP contribution is 2.36. The Kier molecular flexibility index (Phi) is 6.00. The molecule has 0 bridgehead atoms. The van der Waals surface area contributed by atoms with Crippen molar-refractivity contribution < 1.29 is 27.4 Å². The number of ether oxygens (including phenoxy) is 2. The van der Waals surface area contributed by atoms with Crippen LogP contribution in [0, 0.1) is 0 Å². The molecule has 2 aromatic rings. The first-order valence-electron chi connectivity index (χ1n) is 8.53. The predicted molar refractivity (Wildman–Crippen MR) is 98.6 cm³/mol. The lowest BCUT2D eigenvalue weighted by molar-refractivity contribution is -0.137. The van der Waals surface area contributed by atoms with Crippen molar-refractivity contribution in [1.29, 1.82) is 0 Å². The fourth-order valence-electron chi connectivity index (χ4n) is 2.80. The lowest BCUT2D eigenvalue weighted by Gasteiger charge is -2.20. The number of nitrogens with one attached hydrogen (secondary N) is 1. The normalized spacial score (nSPS) is 13.1. The van der Waals surface area contributed by atoms with Crippen LogP contribution in [0.25, 0.3) is 0 Å². The van der Waals surface area contributed by atoms with Crippen LogP contribution < -0.4 is 14.8 Å². The molecule has 1 aliphatic rings. The Bertz CT molecular complexity index is 874. The van der Waals surface area contributed by atoms with Gasteiger partial charge < -0.3 is 14.8 Å². The molecule has 0 aliphatic carbocycles. The van der Waals surface area contributed by atoms with Crippen LogP contribution in [0.5, 0.6) is 11.5 Å². The SMILES string of the molecule is CCN(CC(=O)Nc1ccc(Cl)c(C(F)(F)F)c1)Cc1ccc2c(c1)OCO2. The second-order valence-electron chi connectivity index (χ2n) is 6.23. The van der Waals surface area contributed by atoms with Crippen LogP contribution >= 0.6 is 11.6 Å². The van der Waals surface area contributed by atoms with Crippen LogP contribution in [-0.4, -0.2) is 30.7 Å². The molecule has 0 spiro atoms. The molecule has 5 nitrogen and oxygen atoms in total. The Balaban J connectivity index is 1.63. The van der Waals surface area contributed by atoms with E-state index in [0.717, 1.165) is 17.7 Å². The fraction of sp³-hybridized carbons (Fsp3) is 0.316. The van der Waals surface area contributed by atoms with E-state index >= 15 is 0 Å². The van der Waals surface area contributed by atoms with E-state index in [1.165, 1.54) is 6.07 Å². The van der Waals surface area contributed by atoms with Crippen LogP contribution in [0.15, 0.2) is 36.4 Å². The summed E-state index contributed by atoms with van der Waals surface area (Å²) in [7, 11) is 0. The summed E-state index contributed by atoms with van der Waals surface area (Å²) in [6, 6.07) is 8.81. The van der Waals surface area contributed by atoms with Crippen molar-refractivity contribution in [3.05, 3.63) is 52.5 Å². The maximum Gasteiger partial charge on any atom is 0.417 e.